The number of hydrogen-bond acceptors (Lipinski definition) is 3. The lowest BCUT2D eigenvalue weighted by Gasteiger charge is -2.34. The van der Waals surface area contributed by atoms with Gasteiger partial charge in [0.1, 0.15) is 6.54 Å². The van der Waals surface area contributed by atoms with Crippen LogP contribution in [0.3, 0.4) is 0 Å². The molecule has 2 atom stereocenters. The SMILES string of the molecule is Cc1cccc([C@H]2c3cccn3CC[NH+]2Cc2ccc(C(=O)N3CCOCC3)o2)c1. The van der Waals surface area contributed by atoms with Gasteiger partial charge in [0.15, 0.2) is 17.6 Å². The highest BCUT2D eigenvalue weighted by Crippen LogP contribution is 2.24. The predicted molar refractivity (Wildman–Crippen MR) is 112 cm³/mol. The monoisotopic (exact) mass is 406 g/mol. The van der Waals surface area contributed by atoms with Gasteiger partial charge in [0.05, 0.1) is 32.0 Å². The first-order valence-electron chi connectivity index (χ1n) is 10.7. The summed E-state index contributed by atoms with van der Waals surface area (Å²) in [6.45, 7) is 7.32. The fraction of sp³-hybridized carbons (Fsp3) is 0.375. The van der Waals surface area contributed by atoms with Crippen LogP contribution in [0.1, 0.15) is 39.2 Å². The van der Waals surface area contributed by atoms with Gasteiger partial charge in [-0.15, -0.1) is 0 Å². The van der Waals surface area contributed by atoms with E-state index in [0.29, 0.717) is 32.1 Å². The predicted octanol–water partition coefficient (Wildman–Crippen LogP) is 2.05. The topological polar surface area (TPSA) is 52.0 Å². The van der Waals surface area contributed by atoms with Crippen LogP contribution in [0.25, 0.3) is 0 Å². The van der Waals surface area contributed by atoms with Crippen LogP contribution in [0.2, 0.25) is 0 Å². The Hall–Kier alpha value is -2.83. The molecule has 4 heterocycles. The Kier molecular flexibility index (Phi) is 5.19. The maximum Gasteiger partial charge on any atom is 0.289 e. The molecule has 1 fully saturated rings. The fourth-order valence-corrected chi connectivity index (χ4v) is 4.69. The maximum atomic E-state index is 12.7. The molecule has 0 spiro atoms. The Morgan fingerprint density at radius 3 is 2.80 bits per heavy atom. The largest absolute Gasteiger partial charge is 0.450 e. The summed E-state index contributed by atoms with van der Waals surface area (Å²) in [4.78, 5) is 16.0. The number of morpholine rings is 1. The van der Waals surface area contributed by atoms with Crippen molar-refractivity contribution in [2.24, 2.45) is 0 Å². The first-order valence-corrected chi connectivity index (χ1v) is 10.7. The number of hydrogen-bond donors (Lipinski definition) is 1. The minimum Gasteiger partial charge on any atom is -0.450 e. The third-order valence-corrected chi connectivity index (χ3v) is 6.19. The molecule has 1 saturated heterocycles. The van der Waals surface area contributed by atoms with Crippen LogP contribution >= 0.6 is 0 Å². The quantitative estimate of drug-likeness (QED) is 0.722. The lowest BCUT2D eigenvalue weighted by atomic mass is 9.98. The van der Waals surface area contributed by atoms with Gasteiger partial charge in [-0.25, -0.2) is 0 Å². The number of amides is 1. The van der Waals surface area contributed by atoms with E-state index >= 15 is 0 Å². The van der Waals surface area contributed by atoms with E-state index in [1.807, 2.05) is 17.0 Å². The Balaban J connectivity index is 1.38. The zero-order chi connectivity index (χ0) is 20.5. The van der Waals surface area contributed by atoms with Crippen molar-refractivity contribution in [2.45, 2.75) is 26.1 Å². The van der Waals surface area contributed by atoms with E-state index in [0.717, 1.165) is 25.4 Å². The lowest BCUT2D eigenvalue weighted by molar-refractivity contribution is -0.944. The highest BCUT2D eigenvalue weighted by atomic mass is 16.5. The third kappa shape index (κ3) is 3.68. The third-order valence-electron chi connectivity index (χ3n) is 6.19. The van der Waals surface area contributed by atoms with Crippen LogP contribution in [-0.4, -0.2) is 48.2 Å². The molecule has 3 aromatic rings. The van der Waals surface area contributed by atoms with Crippen LogP contribution in [0, 0.1) is 6.92 Å². The normalized spacial score (nSPS) is 21.4. The Labute approximate surface area is 176 Å². The van der Waals surface area contributed by atoms with Crippen molar-refractivity contribution in [1.82, 2.24) is 9.47 Å². The molecule has 5 rings (SSSR count). The molecule has 1 N–H and O–H groups in total. The van der Waals surface area contributed by atoms with E-state index in [4.69, 9.17) is 9.15 Å². The van der Waals surface area contributed by atoms with Crippen LogP contribution in [0.15, 0.2) is 59.1 Å². The molecule has 1 aromatic carbocycles. The average molecular weight is 407 g/mol. The zero-order valence-electron chi connectivity index (χ0n) is 17.3. The second-order valence-corrected chi connectivity index (χ2v) is 8.23. The van der Waals surface area contributed by atoms with Gasteiger partial charge >= 0.3 is 0 Å². The zero-order valence-corrected chi connectivity index (χ0v) is 17.3. The number of carbonyl (C=O) groups is 1. The summed E-state index contributed by atoms with van der Waals surface area (Å²) in [5.74, 6) is 1.25. The molecule has 0 saturated carbocycles. The Bertz CT molecular complexity index is 1030. The van der Waals surface area contributed by atoms with E-state index in [9.17, 15) is 4.79 Å². The van der Waals surface area contributed by atoms with Crippen molar-refractivity contribution in [3.05, 3.63) is 83.1 Å². The first kappa shape index (κ1) is 19.2. The van der Waals surface area contributed by atoms with Crippen molar-refractivity contribution in [1.29, 1.82) is 0 Å². The average Bonchev–Trinajstić information content (AvgIpc) is 3.43. The molecule has 30 heavy (non-hydrogen) atoms. The number of furan rings is 1. The van der Waals surface area contributed by atoms with E-state index in [1.54, 1.807) is 0 Å². The number of rotatable bonds is 4. The number of nitrogens with zero attached hydrogens (tertiary/aromatic N) is 2. The molecule has 6 heteroatoms. The molecular formula is C24H28N3O3+. The van der Waals surface area contributed by atoms with E-state index in [-0.39, 0.29) is 11.9 Å². The second-order valence-electron chi connectivity index (χ2n) is 8.23. The van der Waals surface area contributed by atoms with Crippen molar-refractivity contribution in [3.63, 3.8) is 0 Å². The van der Waals surface area contributed by atoms with Gasteiger partial charge in [0, 0.05) is 24.8 Å². The summed E-state index contributed by atoms with van der Waals surface area (Å²) in [7, 11) is 0. The van der Waals surface area contributed by atoms with Crippen molar-refractivity contribution in [2.75, 3.05) is 32.8 Å². The summed E-state index contributed by atoms with van der Waals surface area (Å²) < 4.78 is 13.7. The van der Waals surface area contributed by atoms with E-state index < -0.39 is 0 Å². The number of aryl methyl sites for hydroxylation is 1. The Morgan fingerprint density at radius 2 is 1.97 bits per heavy atom. The van der Waals surface area contributed by atoms with Gasteiger partial charge in [-0.3, -0.25) is 4.79 Å². The highest BCUT2D eigenvalue weighted by molar-refractivity contribution is 5.91. The smallest absolute Gasteiger partial charge is 0.289 e. The summed E-state index contributed by atoms with van der Waals surface area (Å²) >= 11 is 0. The summed E-state index contributed by atoms with van der Waals surface area (Å²) in [6.07, 6.45) is 2.17. The number of carbonyl (C=O) groups excluding carboxylic acids is 1. The molecule has 0 aliphatic carbocycles. The van der Waals surface area contributed by atoms with Crippen LogP contribution < -0.4 is 4.90 Å². The standard InChI is InChI=1S/C24H27N3O3/c1-18-4-2-5-19(16-18)23-21-6-3-9-25(21)10-11-27(23)17-20-7-8-22(30-20)24(28)26-12-14-29-15-13-26/h2-9,16,23H,10-15,17H2,1H3/p+1/t23-/m0/s1. The second kappa shape index (κ2) is 8.13. The summed E-state index contributed by atoms with van der Waals surface area (Å²) in [5.41, 5.74) is 3.92. The van der Waals surface area contributed by atoms with Crippen LogP contribution in [-0.2, 0) is 17.8 Å². The highest BCUT2D eigenvalue weighted by Gasteiger charge is 2.33. The molecule has 2 aliphatic heterocycles. The van der Waals surface area contributed by atoms with Crippen LogP contribution in [0.4, 0.5) is 0 Å². The van der Waals surface area contributed by atoms with E-state index in [1.165, 1.54) is 21.7 Å². The molecule has 6 nitrogen and oxygen atoms in total. The van der Waals surface area contributed by atoms with Gasteiger partial charge < -0.3 is 23.5 Å². The molecule has 0 bridgehead atoms. The molecule has 2 aliphatic rings. The minimum atomic E-state index is -0.0395. The van der Waals surface area contributed by atoms with E-state index in [2.05, 4.69) is 54.1 Å². The number of benzene rings is 1. The van der Waals surface area contributed by atoms with Crippen molar-refractivity contribution < 1.29 is 18.8 Å². The van der Waals surface area contributed by atoms with Gasteiger partial charge in [-0.1, -0.05) is 23.8 Å². The number of quaternary nitrogens is 1. The number of ether oxygens (including phenoxy) is 1. The van der Waals surface area contributed by atoms with Gasteiger partial charge in [-0.2, -0.15) is 0 Å². The molecule has 2 aromatic heterocycles. The number of nitrogens with one attached hydrogen (secondary N) is 1. The van der Waals surface area contributed by atoms with Crippen LogP contribution in [0.5, 0.6) is 0 Å². The lowest BCUT2D eigenvalue weighted by Crippen LogP contribution is -3.12. The van der Waals surface area contributed by atoms with Crippen molar-refractivity contribution >= 4 is 5.91 Å². The minimum absolute atomic E-state index is 0.0395. The fourth-order valence-electron chi connectivity index (χ4n) is 4.69. The Morgan fingerprint density at radius 1 is 1.10 bits per heavy atom. The molecule has 1 unspecified atom stereocenters. The van der Waals surface area contributed by atoms with Gasteiger partial charge in [0.2, 0.25) is 0 Å². The molecule has 0 radical (unpaired) electrons. The molecule has 156 valence electrons. The summed E-state index contributed by atoms with van der Waals surface area (Å²) in [5, 5.41) is 0. The molecule has 1 amide bonds. The van der Waals surface area contributed by atoms with Gasteiger partial charge in [-0.05, 0) is 37.3 Å². The molecular weight excluding hydrogens is 378 g/mol. The maximum absolute atomic E-state index is 12.7. The van der Waals surface area contributed by atoms with Gasteiger partial charge in [0.25, 0.3) is 5.91 Å². The number of aromatic nitrogens is 1. The summed E-state index contributed by atoms with van der Waals surface area (Å²) in [6, 6.07) is 17.2. The first-order chi connectivity index (χ1) is 14.7. The number of fused-ring (bicyclic) bond motifs is 1. The van der Waals surface area contributed by atoms with Crippen molar-refractivity contribution in [3.8, 4) is 0 Å².